The summed E-state index contributed by atoms with van der Waals surface area (Å²) in [5.41, 5.74) is 3.79. The zero-order chi connectivity index (χ0) is 16.5. The van der Waals surface area contributed by atoms with Gasteiger partial charge in [0.05, 0.1) is 13.0 Å². The number of esters is 1. The molecule has 1 amide bonds. The number of imidazole rings is 1. The lowest BCUT2D eigenvalue weighted by Gasteiger charge is -2.19. The SMILES string of the molecule is CC(C)(C)OC(=O)CCn1nnc2c(C(N)=O)ncn2c1=O. The van der Waals surface area contributed by atoms with Crippen LogP contribution in [0.3, 0.4) is 0 Å². The predicted octanol–water partition coefficient (Wildman–Crippen LogP) is -0.883. The third-order valence-electron chi connectivity index (χ3n) is 2.60. The van der Waals surface area contributed by atoms with Crippen molar-refractivity contribution in [3.63, 3.8) is 0 Å². The lowest BCUT2D eigenvalue weighted by molar-refractivity contribution is -0.155. The van der Waals surface area contributed by atoms with Crippen molar-refractivity contribution in [3.8, 4) is 0 Å². The third-order valence-corrected chi connectivity index (χ3v) is 2.60. The lowest BCUT2D eigenvalue weighted by Crippen LogP contribution is -2.32. The van der Waals surface area contributed by atoms with E-state index in [1.807, 2.05) is 0 Å². The van der Waals surface area contributed by atoms with E-state index in [1.54, 1.807) is 20.8 Å². The lowest BCUT2D eigenvalue weighted by atomic mass is 10.2. The molecule has 0 fully saturated rings. The zero-order valence-electron chi connectivity index (χ0n) is 12.4. The fraction of sp³-hybridized carbons (Fsp3) is 0.500. The number of nitrogens with zero attached hydrogens (tertiary/aromatic N) is 5. The minimum atomic E-state index is -0.803. The summed E-state index contributed by atoms with van der Waals surface area (Å²) in [6.07, 6.45) is 1.10. The molecule has 2 N–H and O–H groups in total. The largest absolute Gasteiger partial charge is 0.460 e. The Labute approximate surface area is 124 Å². The Bertz CT molecular complexity index is 785. The number of amides is 1. The molecule has 22 heavy (non-hydrogen) atoms. The highest BCUT2D eigenvalue weighted by Gasteiger charge is 2.18. The van der Waals surface area contributed by atoms with E-state index >= 15 is 0 Å². The van der Waals surface area contributed by atoms with Crippen molar-refractivity contribution < 1.29 is 14.3 Å². The van der Waals surface area contributed by atoms with Crippen molar-refractivity contribution in [2.24, 2.45) is 5.73 Å². The first-order valence-corrected chi connectivity index (χ1v) is 6.51. The second kappa shape index (κ2) is 5.54. The van der Waals surface area contributed by atoms with Crippen LogP contribution in [0.2, 0.25) is 0 Å². The van der Waals surface area contributed by atoms with Gasteiger partial charge in [0.25, 0.3) is 5.91 Å². The molecule has 0 aliphatic rings. The number of aryl methyl sites for hydroxylation is 1. The van der Waals surface area contributed by atoms with Gasteiger partial charge in [-0.25, -0.2) is 14.2 Å². The second-order valence-electron chi connectivity index (χ2n) is 5.58. The number of fused-ring (bicyclic) bond motifs is 1. The molecule has 2 aromatic rings. The van der Waals surface area contributed by atoms with E-state index in [0.717, 1.165) is 15.4 Å². The van der Waals surface area contributed by atoms with Gasteiger partial charge in [0.1, 0.15) is 11.9 Å². The highest BCUT2D eigenvalue weighted by Crippen LogP contribution is 2.08. The standard InChI is InChI=1S/C12H16N6O4/c1-12(2,3)22-7(19)4-5-18-11(21)17-6-14-8(9(13)20)10(17)15-16-18/h6H,4-5H2,1-3H3,(H2,13,20). The van der Waals surface area contributed by atoms with Gasteiger partial charge >= 0.3 is 11.7 Å². The Hall–Kier alpha value is -2.78. The highest BCUT2D eigenvalue weighted by atomic mass is 16.6. The average molecular weight is 308 g/mol. The molecule has 118 valence electrons. The van der Waals surface area contributed by atoms with Crippen molar-refractivity contribution in [2.75, 3.05) is 0 Å². The van der Waals surface area contributed by atoms with Crippen LogP contribution in [-0.4, -0.2) is 41.9 Å². The van der Waals surface area contributed by atoms with E-state index < -0.39 is 23.2 Å². The van der Waals surface area contributed by atoms with Crippen LogP contribution in [-0.2, 0) is 16.1 Å². The molecule has 0 aromatic carbocycles. The molecule has 0 atom stereocenters. The van der Waals surface area contributed by atoms with Gasteiger partial charge in [-0.15, -0.1) is 5.10 Å². The maximum atomic E-state index is 12.1. The summed E-state index contributed by atoms with van der Waals surface area (Å²) >= 11 is 0. The Balaban J connectivity index is 2.20. The topological polar surface area (TPSA) is 134 Å². The molecular weight excluding hydrogens is 292 g/mol. The van der Waals surface area contributed by atoms with Crippen molar-refractivity contribution in [3.05, 3.63) is 22.5 Å². The van der Waals surface area contributed by atoms with Crippen LogP contribution in [0, 0.1) is 0 Å². The summed E-state index contributed by atoms with van der Waals surface area (Å²) in [5.74, 6) is -1.26. The van der Waals surface area contributed by atoms with Gasteiger partial charge in [-0.2, -0.15) is 4.68 Å². The van der Waals surface area contributed by atoms with Crippen LogP contribution in [0.1, 0.15) is 37.7 Å². The number of hydrogen-bond acceptors (Lipinski definition) is 7. The van der Waals surface area contributed by atoms with Crippen molar-refractivity contribution in [2.45, 2.75) is 39.3 Å². The van der Waals surface area contributed by atoms with E-state index in [2.05, 4.69) is 15.3 Å². The maximum Gasteiger partial charge on any atom is 0.352 e. The highest BCUT2D eigenvalue weighted by molar-refractivity contribution is 5.96. The number of carbonyl (C=O) groups excluding carboxylic acids is 2. The number of carbonyl (C=O) groups is 2. The molecule has 0 saturated heterocycles. The van der Waals surface area contributed by atoms with Crippen LogP contribution in [0.15, 0.2) is 11.1 Å². The summed E-state index contributed by atoms with van der Waals surface area (Å²) in [5, 5.41) is 7.40. The Morgan fingerprint density at radius 1 is 1.36 bits per heavy atom. The first kappa shape index (κ1) is 15.6. The monoisotopic (exact) mass is 308 g/mol. The van der Waals surface area contributed by atoms with Gasteiger partial charge in [0, 0.05) is 0 Å². The second-order valence-corrected chi connectivity index (χ2v) is 5.58. The van der Waals surface area contributed by atoms with Gasteiger partial charge < -0.3 is 10.5 Å². The molecule has 0 radical (unpaired) electrons. The average Bonchev–Trinajstić information content (AvgIpc) is 2.80. The summed E-state index contributed by atoms with van der Waals surface area (Å²) < 4.78 is 7.17. The molecular formula is C12H16N6O4. The molecule has 10 nitrogen and oxygen atoms in total. The molecule has 2 aromatic heterocycles. The molecule has 2 rings (SSSR count). The smallest absolute Gasteiger partial charge is 0.352 e. The maximum absolute atomic E-state index is 12.1. The number of nitrogens with two attached hydrogens (primary N) is 1. The predicted molar refractivity (Wildman–Crippen MR) is 74.0 cm³/mol. The number of primary amides is 1. The molecule has 10 heteroatoms. The summed E-state index contributed by atoms with van der Waals surface area (Å²) in [7, 11) is 0. The van der Waals surface area contributed by atoms with Crippen molar-refractivity contribution in [1.29, 1.82) is 0 Å². The van der Waals surface area contributed by atoms with Gasteiger partial charge in [-0.05, 0) is 20.8 Å². The normalized spacial score (nSPS) is 11.6. The van der Waals surface area contributed by atoms with Crippen molar-refractivity contribution >= 4 is 17.5 Å². The number of ether oxygens (including phenoxy) is 1. The first-order valence-electron chi connectivity index (χ1n) is 6.51. The van der Waals surface area contributed by atoms with Gasteiger partial charge in [0.2, 0.25) is 0 Å². The minimum Gasteiger partial charge on any atom is -0.460 e. The number of aromatic nitrogens is 5. The summed E-state index contributed by atoms with van der Waals surface area (Å²) in [6.45, 7) is 5.25. The van der Waals surface area contributed by atoms with Crippen LogP contribution >= 0.6 is 0 Å². The van der Waals surface area contributed by atoms with Crippen LogP contribution < -0.4 is 11.4 Å². The van der Waals surface area contributed by atoms with E-state index in [9.17, 15) is 14.4 Å². The number of hydrogen-bond donors (Lipinski definition) is 1. The molecule has 0 aliphatic carbocycles. The van der Waals surface area contributed by atoms with Gasteiger partial charge in [0.15, 0.2) is 11.3 Å². The van der Waals surface area contributed by atoms with E-state index in [4.69, 9.17) is 10.5 Å². The summed E-state index contributed by atoms with van der Waals surface area (Å²) in [4.78, 5) is 38.6. The summed E-state index contributed by atoms with van der Waals surface area (Å²) in [6, 6.07) is 0. The quantitative estimate of drug-likeness (QED) is 0.724. The van der Waals surface area contributed by atoms with Crippen molar-refractivity contribution in [1.82, 2.24) is 24.4 Å². The fourth-order valence-electron chi connectivity index (χ4n) is 1.74. The van der Waals surface area contributed by atoms with Gasteiger partial charge in [-0.3, -0.25) is 9.59 Å². The first-order chi connectivity index (χ1) is 10.2. The van der Waals surface area contributed by atoms with E-state index in [-0.39, 0.29) is 24.3 Å². The zero-order valence-corrected chi connectivity index (χ0v) is 12.4. The molecule has 0 aliphatic heterocycles. The van der Waals surface area contributed by atoms with Crippen LogP contribution in [0.4, 0.5) is 0 Å². The Morgan fingerprint density at radius 2 is 2.05 bits per heavy atom. The van der Waals surface area contributed by atoms with E-state index in [0.29, 0.717) is 0 Å². The molecule has 0 spiro atoms. The fourth-order valence-corrected chi connectivity index (χ4v) is 1.74. The minimum absolute atomic E-state index is 0.000765. The molecule has 0 bridgehead atoms. The Morgan fingerprint density at radius 3 is 2.64 bits per heavy atom. The van der Waals surface area contributed by atoms with Gasteiger partial charge in [-0.1, -0.05) is 5.21 Å². The number of rotatable bonds is 4. The van der Waals surface area contributed by atoms with Crippen LogP contribution in [0.25, 0.3) is 5.65 Å². The molecule has 0 saturated carbocycles. The molecule has 2 heterocycles. The van der Waals surface area contributed by atoms with E-state index in [1.165, 1.54) is 0 Å². The Kier molecular flexibility index (Phi) is 3.93. The third kappa shape index (κ3) is 3.27. The van der Waals surface area contributed by atoms with Crippen LogP contribution in [0.5, 0.6) is 0 Å². The molecule has 0 unspecified atom stereocenters.